The normalized spacial score (nSPS) is 29.4. The molecule has 0 radical (unpaired) electrons. The third kappa shape index (κ3) is 4.25. The molecule has 0 spiro atoms. The van der Waals surface area contributed by atoms with E-state index in [4.69, 9.17) is 10.5 Å². The first kappa shape index (κ1) is 13.8. The van der Waals surface area contributed by atoms with Gasteiger partial charge < -0.3 is 15.8 Å². The van der Waals surface area contributed by atoms with Crippen molar-refractivity contribution in [1.82, 2.24) is 5.32 Å². The lowest BCUT2D eigenvalue weighted by Crippen LogP contribution is -2.37. The minimum absolute atomic E-state index is 0.177. The van der Waals surface area contributed by atoms with Crippen LogP contribution in [0.4, 0.5) is 0 Å². The largest absolute Gasteiger partial charge is 0.376 e. The molecule has 0 aromatic rings. The summed E-state index contributed by atoms with van der Waals surface area (Å²) < 4.78 is 5.72. The van der Waals surface area contributed by atoms with Crippen molar-refractivity contribution in [3.05, 3.63) is 0 Å². The van der Waals surface area contributed by atoms with Crippen molar-refractivity contribution in [1.29, 1.82) is 0 Å². The van der Waals surface area contributed by atoms with E-state index in [1.54, 1.807) is 0 Å². The number of nitrogens with two attached hydrogens (primary N) is 1. The fourth-order valence-electron chi connectivity index (χ4n) is 2.98. The molecule has 1 amide bonds. The van der Waals surface area contributed by atoms with Gasteiger partial charge in [0.05, 0.1) is 12.7 Å². The minimum atomic E-state index is 0.177. The topological polar surface area (TPSA) is 64.4 Å². The van der Waals surface area contributed by atoms with E-state index in [1.807, 2.05) is 0 Å². The summed E-state index contributed by atoms with van der Waals surface area (Å²) in [7, 11) is 0. The Labute approximate surface area is 110 Å². The van der Waals surface area contributed by atoms with Crippen molar-refractivity contribution in [3.63, 3.8) is 0 Å². The lowest BCUT2D eigenvalue weighted by atomic mass is 9.86. The van der Waals surface area contributed by atoms with Crippen LogP contribution in [0.5, 0.6) is 0 Å². The molecule has 2 aliphatic carbocycles. The van der Waals surface area contributed by atoms with Gasteiger partial charge in [-0.1, -0.05) is 12.8 Å². The molecule has 0 bridgehead atoms. The van der Waals surface area contributed by atoms with Crippen LogP contribution in [0.25, 0.3) is 0 Å². The van der Waals surface area contributed by atoms with Gasteiger partial charge in [-0.2, -0.15) is 0 Å². The van der Waals surface area contributed by atoms with Gasteiger partial charge in [-0.15, -0.1) is 0 Å². The lowest BCUT2D eigenvalue weighted by Gasteiger charge is -2.25. The zero-order valence-electron chi connectivity index (χ0n) is 11.2. The number of amides is 1. The summed E-state index contributed by atoms with van der Waals surface area (Å²) in [5.41, 5.74) is 5.84. The quantitative estimate of drug-likeness (QED) is 0.732. The number of hydrogen-bond acceptors (Lipinski definition) is 3. The maximum Gasteiger partial charge on any atom is 0.223 e. The summed E-state index contributed by atoms with van der Waals surface area (Å²) in [5, 5.41) is 2.99. The number of ether oxygens (including phenoxy) is 1. The molecule has 0 saturated heterocycles. The fraction of sp³-hybridized carbons (Fsp3) is 0.929. The molecule has 2 fully saturated rings. The highest BCUT2D eigenvalue weighted by Gasteiger charge is 2.24. The molecule has 2 saturated carbocycles. The van der Waals surface area contributed by atoms with Crippen molar-refractivity contribution in [2.24, 2.45) is 11.7 Å². The SMILES string of the molecule is NC1CCC(C(=O)NCCOC2CCCC2)CC1. The van der Waals surface area contributed by atoms with Gasteiger partial charge in [0.2, 0.25) is 5.91 Å². The van der Waals surface area contributed by atoms with Crippen LogP contribution < -0.4 is 11.1 Å². The number of carbonyl (C=O) groups is 1. The Bertz CT molecular complexity index is 257. The molecule has 4 heteroatoms. The van der Waals surface area contributed by atoms with Crippen molar-refractivity contribution in [3.8, 4) is 0 Å². The molecular weight excluding hydrogens is 228 g/mol. The van der Waals surface area contributed by atoms with Crippen LogP contribution in [0.15, 0.2) is 0 Å². The predicted octanol–water partition coefficient (Wildman–Crippen LogP) is 1.58. The highest BCUT2D eigenvalue weighted by molar-refractivity contribution is 5.78. The van der Waals surface area contributed by atoms with Crippen LogP contribution in [0.2, 0.25) is 0 Å². The van der Waals surface area contributed by atoms with Gasteiger partial charge in [0.1, 0.15) is 0 Å². The van der Waals surface area contributed by atoms with E-state index in [9.17, 15) is 4.79 Å². The molecule has 3 N–H and O–H groups in total. The standard InChI is InChI=1S/C14H26N2O2/c15-12-7-5-11(6-8-12)14(17)16-9-10-18-13-3-1-2-4-13/h11-13H,1-10,15H2,(H,16,17). The molecule has 18 heavy (non-hydrogen) atoms. The predicted molar refractivity (Wildman–Crippen MR) is 71.2 cm³/mol. The molecule has 0 heterocycles. The maximum atomic E-state index is 11.9. The van der Waals surface area contributed by atoms with E-state index >= 15 is 0 Å². The number of nitrogens with one attached hydrogen (secondary N) is 1. The van der Waals surface area contributed by atoms with Gasteiger partial charge in [0.25, 0.3) is 0 Å². The second-order valence-electron chi connectivity index (χ2n) is 5.68. The average Bonchev–Trinajstić information content (AvgIpc) is 2.88. The molecule has 104 valence electrons. The van der Waals surface area contributed by atoms with E-state index in [1.165, 1.54) is 25.7 Å². The maximum absolute atomic E-state index is 11.9. The van der Waals surface area contributed by atoms with Gasteiger partial charge in [0.15, 0.2) is 0 Å². The molecule has 0 aliphatic heterocycles. The third-order valence-electron chi connectivity index (χ3n) is 4.20. The van der Waals surface area contributed by atoms with E-state index < -0.39 is 0 Å². The summed E-state index contributed by atoms with van der Waals surface area (Å²) in [6, 6.07) is 0.305. The van der Waals surface area contributed by atoms with E-state index in [0.29, 0.717) is 25.3 Å². The molecule has 0 unspecified atom stereocenters. The monoisotopic (exact) mass is 254 g/mol. The third-order valence-corrected chi connectivity index (χ3v) is 4.20. The summed E-state index contributed by atoms with van der Waals surface area (Å²) in [6.07, 6.45) is 9.25. The van der Waals surface area contributed by atoms with Gasteiger partial charge in [-0.3, -0.25) is 4.79 Å². The van der Waals surface area contributed by atoms with Crippen molar-refractivity contribution in [2.75, 3.05) is 13.2 Å². The zero-order chi connectivity index (χ0) is 12.8. The van der Waals surface area contributed by atoms with Crippen LogP contribution in [0.3, 0.4) is 0 Å². The van der Waals surface area contributed by atoms with Crippen molar-refractivity contribution >= 4 is 5.91 Å². The number of rotatable bonds is 5. The molecule has 2 aliphatic rings. The molecule has 0 aromatic heterocycles. The summed E-state index contributed by atoms with van der Waals surface area (Å²) in [4.78, 5) is 11.9. The lowest BCUT2D eigenvalue weighted by molar-refractivity contribution is -0.126. The van der Waals surface area contributed by atoms with Crippen LogP contribution in [0, 0.1) is 5.92 Å². The highest BCUT2D eigenvalue weighted by atomic mass is 16.5. The zero-order valence-corrected chi connectivity index (χ0v) is 11.2. The van der Waals surface area contributed by atoms with E-state index in [0.717, 1.165) is 25.7 Å². The Hall–Kier alpha value is -0.610. The summed E-state index contributed by atoms with van der Waals surface area (Å²) in [6.45, 7) is 1.31. The first-order valence-electron chi connectivity index (χ1n) is 7.40. The fourth-order valence-corrected chi connectivity index (χ4v) is 2.98. The van der Waals surface area contributed by atoms with Crippen molar-refractivity contribution < 1.29 is 9.53 Å². The Morgan fingerprint density at radius 3 is 2.44 bits per heavy atom. The first-order valence-corrected chi connectivity index (χ1v) is 7.40. The Morgan fingerprint density at radius 1 is 1.11 bits per heavy atom. The molecule has 4 nitrogen and oxygen atoms in total. The van der Waals surface area contributed by atoms with Crippen LogP contribution in [-0.2, 0) is 9.53 Å². The van der Waals surface area contributed by atoms with E-state index in [2.05, 4.69) is 5.32 Å². The van der Waals surface area contributed by atoms with Crippen LogP contribution in [0.1, 0.15) is 51.4 Å². The minimum Gasteiger partial charge on any atom is -0.376 e. The first-order chi connectivity index (χ1) is 8.75. The van der Waals surface area contributed by atoms with Gasteiger partial charge in [-0.25, -0.2) is 0 Å². The van der Waals surface area contributed by atoms with Crippen molar-refractivity contribution in [2.45, 2.75) is 63.5 Å². The van der Waals surface area contributed by atoms with Crippen LogP contribution in [-0.4, -0.2) is 31.2 Å². The second kappa shape index (κ2) is 7.10. The second-order valence-corrected chi connectivity index (χ2v) is 5.68. The van der Waals surface area contributed by atoms with E-state index in [-0.39, 0.29) is 11.8 Å². The van der Waals surface area contributed by atoms with Gasteiger partial charge in [-0.05, 0) is 38.5 Å². The Kier molecular flexibility index (Phi) is 5.45. The molecule has 0 aromatic carbocycles. The Morgan fingerprint density at radius 2 is 1.78 bits per heavy atom. The average molecular weight is 254 g/mol. The molecule has 0 atom stereocenters. The van der Waals surface area contributed by atoms with Crippen LogP contribution >= 0.6 is 0 Å². The molecule has 2 rings (SSSR count). The Balaban J connectivity index is 1.54. The highest BCUT2D eigenvalue weighted by Crippen LogP contribution is 2.23. The number of carbonyl (C=O) groups excluding carboxylic acids is 1. The summed E-state index contributed by atoms with van der Waals surface area (Å²) in [5.74, 6) is 0.369. The molecular formula is C14H26N2O2. The van der Waals surface area contributed by atoms with Gasteiger partial charge in [0, 0.05) is 18.5 Å². The van der Waals surface area contributed by atoms with Gasteiger partial charge >= 0.3 is 0 Å². The summed E-state index contributed by atoms with van der Waals surface area (Å²) >= 11 is 0. The smallest absolute Gasteiger partial charge is 0.223 e. The number of hydrogen-bond donors (Lipinski definition) is 2.